The van der Waals surface area contributed by atoms with Crippen molar-refractivity contribution in [1.29, 1.82) is 0 Å². The van der Waals surface area contributed by atoms with E-state index in [0.29, 0.717) is 11.3 Å². The van der Waals surface area contributed by atoms with Gasteiger partial charge in [0.2, 0.25) is 0 Å². The minimum Gasteiger partial charge on any atom is -0.394 e. The van der Waals surface area contributed by atoms with Crippen LogP contribution in [0.1, 0.15) is 12.8 Å². The van der Waals surface area contributed by atoms with Gasteiger partial charge in [0.1, 0.15) is 0 Å². The molecule has 0 radical (unpaired) electrons. The summed E-state index contributed by atoms with van der Waals surface area (Å²) in [7, 11) is 0. The normalized spacial score (nSPS) is 22.2. The van der Waals surface area contributed by atoms with Crippen LogP contribution in [0.15, 0.2) is 0 Å². The van der Waals surface area contributed by atoms with Crippen LogP contribution in [0.5, 0.6) is 0 Å². The van der Waals surface area contributed by atoms with E-state index in [1.54, 1.807) is 0 Å². The first-order chi connectivity index (χ1) is 5.72. The second-order valence-electron chi connectivity index (χ2n) is 3.35. The molecule has 1 saturated carbocycles. The highest BCUT2D eigenvalue weighted by molar-refractivity contribution is 8.00. The third-order valence-corrected chi connectivity index (χ3v) is 3.70. The molecule has 0 aromatic heterocycles. The Morgan fingerprint density at radius 2 is 2.25 bits per heavy atom. The Morgan fingerprint density at radius 3 is 2.67 bits per heavy atom. The molecule has 0 aromatic carbocycles. The summed E-state index contributed by atoms with van der Waals surface area (Å²) in [5, 5.41) is 20.7. The standard InChI is InChI=1S/C8H17NO2S/c1-12-8(2-3-8)6-9-4-7(11)5-10/h7,9-11H,2-6H2,1H3/t7-/m0/s1. The molecular weight excluding hydrogens is 174 g/mol. The van der Waals surface area contributed by atoms with Crippen molar-refractivity contribution >= 4 is 11.8 Å². The van der Waals surface area contributed by atoms with Gasteiger partial charge >= 0.3 is 0 Å². The lowest BCUT2D eigenvalue weighted by molar-refractivity contribution is 0.0945. The minimum absolute atomic E-state index is 0.154. The summed E-state index contributed by atoms with van der Waals surface area (Å²) in [6.07, 6.45) is 4.06. The summed E-state index contributed by atoms with van der Waals surface area (Å²) in [4.78, 5) is 0. The van der Waals surface area contributed by atoms with Gasteiger partial charge in [-0.1, -0.05) is 0 Å². The largest absolute Gasteiger partial charge is 0.394 e. The van der Waals surface area contributed by atoms with Crippen molar-refractivity contribution < 1.29 is 10.2 Å². The fourth-order valence-corrected chi connectivity index (χ4v) is 1.88. The molecule has 0 amide bonds. The highest BCUT2D eigenvalue weighted by atomic mass is 32.2. The highest BCUT2D eigenvalue weighted by Gasteiger charge is 2.41. The van der Waals surface area contributed by atoms with Crippen LogP contribution in [0.4, 0.5) is 0 Å². The molecule has 0 aromatic rings. The minimum atomic E-state index is -0.609. The molecule has 0 unspecified atom stereocenters. The lowest BCUT2D eigenvalue weighted by atomic mass is 10.3. The molecule has 1 fully saturated rings. The van der Waals surface area contributed by atoms with Crippen molar-refractivity contribution in [3.63, 3.8) is 0 Å². The van der Waals surface area contributed by atoms with Crippen molar-refractivity contribution in [3.8, 4) is 0 Å². The van der Waals surface area contributed by atoms with Crippen LogP contribution in [0.3, 0.4) is 0 Å². The zero-order valence-corrected chi connectivity index (χ0v) is 8.23. The fourth-order valence-electron chi connectivity index (χ4n) is 1.12. The van der Waals surface area contributed by atoms with Gasteiger partial charge in [-0.3, -0.25) is 0 Å². The smallest absolute Gasteiger partial charge is 0.0894 e. The molecule has 0 spiro atoms. The lowest BCUT2D eigenvalue weighted by Gasteiger charge is -2.14. The number of hydrogen-bond donors (Lipinski definition) is 3. The Morgan fingerprint density at radius 1 is 1.58 bits per heavy atom. The highest BCUT2D eigenvalue weighted by Crippen LogP contribution is 2.46. The van der Waals surface area contributed by atoms with Crippen LogP contribution in [0, 0.1) is 0 Å². The third-order valence-electron chi connectivity index (χ3n) is 2.28. The SMILES string of the molecule is CSC1(CNC[C@H](O)CO)CC1. The van der Waals surface area contributed by atoms with Crippen LogP contribution >= 0.6 is 11.8 Å². The van der Waals surface area contributed by atoms with Gasteiger partial charge in [0.15, 0.2) is 0 Å². The first-order valence-electron chi connectivity index (χ1n) is 4.27. The van der Waals surface area contributed by atoms with Crippen molar-refractivity contribution in [2.24, 2.45) is 0 Å². The third kappa shape index (κ3) is 2.94. The maximum atomic E-state index is 9.03. The van der Waals surface area contributed by atoms with Gasteiger partial charge in [0.05, 0.1) is 12.7 Å². The topological polar surface area (TPSA) is 52.5 Å². The Balaban J connectivity index is 2.02. The van der Waals surface area contributed by atoms with Crippen LogP contribution in [0.25, 0.3) is 0 Å². The Labute approximate surface area is 77.5 Å². The van der Waals surface area contributed by atoms with Crippen molar-refractivity contribution in [2.75, 3.05) is 26.0 Å². The van der Waals surface area contributed by atoms with Gasteiger partial charge in [0.25, 0.3) is 0 Å². The molecule has 0 aliphatic heterocycles. The second-order valence-corrected chi connectivity index (χ2v) is 4.63. The van der Waals surface area contributed by atoms with Gasteiger partial charge < -0.3 is 15.5 Å². The van der Waals surface area contributed by atoms with Crippen molar-refractivity contribution in [1.82, 2.24) is 5.32 Å². The Hall–Kier alpha value is 0.230. The van der Waals surface area contributed by atoms with Crippen LogP contribution in [-0.2, 0) is 0 Å². The maximum absolute atomic E-state index is 9.03. The first-order valence-corrected chi connectivity index (χ1v) is 5.50. The number of aliphatic hydroxyl groups excluding tert-OH is 2. The van der Waals surface area contributed by atoms with Crippen molar-refractivity contribution in [3.05, 3.63) is 0 Å². The molecule has 1 aliphatic carbocycles. The molecule has 0 heterocycles. The van der Waals surface area contributed by atoms with E-state index >= 15 is 0 Å². The van der Waals surface area contributed by atoms with Gasteiger partial charge in [-0.05, 0) is 19.1 Å². The van der Waals surface area contributed by atoms with Gasteiger partial charge in [-0.25, -0.2) is 0 Å². The van der Waals surface area contributed by atoms with Crippen LogP contribution in [-0.4, -0.2) is 47.0 Å². The van der Waals surface area contributed by atoms with Crippen LogP contribution < -0.4 is 5.32 Å². The van der Waals surface area contributed by atoms with E-state index in [1.807, 2.05) is 11.8 Å². The number of rotatable bonds is 6. The van der Waals surface area contributed by atoms with Gasteiger partial charge in [0, 0.05) is 17.8 Å². The molecule has 1 aliphatic rings. The summed E-state index contributed by atoms with van der Waals surface area (Å²) in [6.45, 7) is 1.29. The number of aliphatic hydroxyl groups is 2. The molecule has 12 heavy (non-hydrogen) atoms. The monoisotopic (exact) mass is 191 g/mol. The molecular formula is C8H17NO2S. The first kappa shape index (κ1) is 10.3. The Kier molecular flexibility index (Phi) is 3.83. The van der Waals surface area contributed by atoms with Crippen LogP contribution in [0.2, 0.25) is 0 Å². The average Bonchev–Trinajstić information content (AvgIpc) is 2.85. The molecule has 3 N–H and O–H groups in total. The Bertz CT molecular complexity index is 139. The number of thioether (sulfide) groups is 1. The second kappa shape index (κ2) is 4.46. The fraction of sp³-hybridized carbons (Fsp3) is 1.00. The molecule has 72 valence electrons. The van der Waals surface area contributed by atoms with E-state index in [9.17, 15) is 0 Å². The van der Waals surface area contributed by atoms with E-state index < -0.39 is 6.10 Å². The molecule has 1 atom stereocenters. The van der Waals surface area contributed by atoms with E-state index in [1.165, 1.54) is 12.8 Å². The van der Waals surface area contributed by atoms with E-state index in [4.69, 9.17) is 10.2 Å². The predicted molar refractivity (Wildman–Crippen MR) is 51.4 cm³/mol. The lowest BCUT2D eigenvalue weighted by Crippen LogP contribution is -2.34. The number of hydrogen-bond acceptors (Lipinski definition) is 4. The maximum Gasteiger partial charge on any atom is 0.0894 e. The molecule has 0 bridgehead atoms. The predicted octanol–water partition coefficient (Wildman–Crippen LogP) is -0.175. The zero-order chi connectivity index (χ0) is 9.03. The molecule has 0 saturated heterocycles. The van der Waals surface area contributed by atoms with E-state index in [2.05, 4.69) is 11.6 Å². The molecule has 3 nitrogen and oxygen atoms in total. The number of nitrogens with one attached hydrogen (secondary N) is 1. The molecule has 4 heteroatoms. The summed E-state index contributed by atoms with van der Waals surface area (Å²) >= 11 is 1.89. The summed E-state index contributed by atoms with van der Waals surface area (Å²) in [5.74, 6) is 0. The van der Waals surface area contributed by atoms with Gasteiger partial charge in [-0.2, -0.15) is 11.8 Å². The quantitative estimate of drug-likeness (QED) is 0.545. The van der Waals surface area contributed by atoms with E-state index in [0.717, 1.165) is 6.54 Å². The van der Waals surface area contributed by atoms with Crippen molar-refractivity contribution in [2.45, 2.75) is 23.7 Å². The molecule has 1 rings (SSSR count). The van der Waals surface area contributed by atoms with E-state index in [-0.39, 0.29) is 6.61 Å². The summed E-state index contributed by atoms with van der Waals surface area (Å²) < 4.78 is 0.440. The summed E-state index contributed by atoms with van der Waals surface area (Å²) in [6, 6.07) is 0. The van der Waals surface area contributed by atoms with Gasteiger partial charge in [-0.15, -0.1) is 0 Å². The summed E-state index contributed by atoms with van der Waals surface area (Å²) in [5.41, 5.74) is 0. The average molecular weight is 191 g/mol. The zero-order valence-electron chi connectivity index (χ0n) is 7.42.